The van der Waals surface area contributed by atoms with E-state index in [1.807, 2.05) is 6.07 Å². The number of furan rings is 1. The van der Waals surface area contributed by atoms with Gasteiger partial charge in [-0.15, -0.1) is 0 Å². The Morgan fingerprint density at radius 1 is 1.17 bits per heavy atom. The SMILES string of the molecule is O=C(N/N=C\c1ccc(N2CCOCC2)o1)c1ccc(F)cc1. The Bertz CT molecular complexity index is 691. The van der Waals surface area contributed by atoms with E-state index < -0.39 is 11.7 Å². The first-order valence-electron chi connectivity index (χ1n) is 7.24. The van der Waals surface area contributed by atoms with Gasteiger partial charge in [0.1, 0.15) is 11.6 Å². The van der Waals surface area contributed by atoms with Gasteiger partial charge in [-0.3, -0.25) is 4.79 Å². The second-order valence-corrected chi connectivity index (χ2v) is 4.98. The molecule has 2 aromatic rings. The average molecular weight is 317 g/mol. The van der Waals surface area contributed by atoms with E-state index in [4.69, 9.17) is 9.15 Å². The summed E-state index contributed by atoms with van der Waals surface area (Å²) in [7, 11) is 0. The zero-order valence-electron chi connectivity index (χ0n) is 12.4. The number of amides is 1. The largest absolute Gasteiger partial charge is 0.440 e. The van der Waals surface area contributed by atoms with Crippen LogP contribution in [-0.4, -0.2) is 38.4 Å². The quantitative estimate of drug-likeness (QED) is 0.692. The number of carbonyl (C=O) groups excluding carboxylic acids is 1. The van der Waals surface area contributed by atoms with Crippen molar-refractivity contribution in [3.63, 3.8) is 0 Å². The second kappa shape index (κ2) is 7.06. The Labute approximate surface area is 132 Å². The molecular formula is C16H16FN3O3. The lowest BCUT2D eigenvalue weighted by Crippen LogP contribution is -2.35. The summed E-state index contributed by atoms with van der Waals surface area (Å²) in [5.74, 6) is 0.475. The van der Waals surface area contributed by atoms with E-state index in [0.717, 1.165) is 19.0 Å². The van der Waals surface area contributed by atoms with Crippen LogP contribution in [0.5, 0.6) is 0 Å². The van der Waals surface area contributed by atoms with Crippen LogP contribution in [0.2, 0.25) is 0 Å². The number of nitrogens with one attached hydrogen (secondary N) is 1. The lowest BCUT2D eigenvalue weighted by atomic mass is 10.2. The Morgan fingerprint density at radius 2 is 1.91 bits per heavy atom. The number of benzene rings is 1. The van der Waals surface area contributed by atoms with Crippen molar-refractivity contribution in [3.8, 4) is 0 Å². The molecule has 0 spiro atoms. The first-order valence-corrected chi connectivity index (χ1v) is 7.24. The molecule has 6 nitrogen and oxygen atoms in total. The van der Waals surface area contributed by atoms with Gasteiger partial charge in [0.25, 0.3) is 5.91 Å². The number of hydrogen-bond acceptors (Lipinski definition) is 5. The van der Waals surface area contributed by atoms with Crippen LogP contribution < -0.4 is 10.3 Å². The summed E-state index contributed by atoms with van der Waals surface area (Å²) >= 11 is 0. The molecule has 0 saturated carbocycles. The van der Waals surface area contributed by atoms with Crippen LogP contribution in [0.25, 0.3) is 0 Å². The van der Waals surface area contributed by atoms with Gasteiger partial charge in [-0.25, -0.2) is 9.82 Å². The van der Waals surface area contributed by atoms with Gasteiger partial charge >= 0.3 is 0 Å². The normalized spacial score (nSPS) is 15.1. The van der Waals surface area contributed by atoms with Crippen LogP contribution in [0.3, 0.4) is 0 Å². The van der Waals surface area contributed by atoms with Crippen LogP contribution >= 0.6 is 0 Å². The number of nitrogens with zero attached hydrogens (tertiary/aromatic N) is 2. The molecule has 3 rings (SSSR count). The molecule has 0 aliphatic carbocycles. The minimum Gasteiger partial charge on any atom is -0.440 e. The summed E-state index contributed by atoms with van der Waals surface area (Å²) in [5, 5.41) is 3.84. The summed E-state index contributed by atoms with van der Waals surface area (Å²) in [6.45, 7) is 2.92. The molecule has 1 saturated heterocycles. The predicted molar refractivity (Wildman–Crippen MR) is 83.2 cm³/mol. The minimum atomic E-state index is -0.416. The van der Waals surface area contributed by atoms with Crippen LogP contribution in [0.1, 0.15) is 16.1 Å². The number of anilines is 1. The molecule has 1 aliphatic heterocycles. The van der Waals surface area contributed by atoms with Crippen molar-refractivity contribution in [2.24, 2.45) is 5.10 Å². The molecule has 0 atom stereocenters. The molecule has 1 amide bonds. The monoisotopic (exact) mass is 317 g/mol. The van der Waals surface area contributed by atoms with Crippen molar-refractivity contribution in [2.75, 3.05) is 31.2 Å². The molecule has 1 N–H and O–H groups in total. The van der Waals surface area contributed by atoms with E-state index in [2.05, 4.69) is 15.4 Å². The van der Waals surface area contributed by atoms with Gasteiger partial charge in [0.15, 0.2) is 5.88 Å². The first kappa shape index (κ1) is 15.2. The molecule has 0 bridgehead atoms. The standard InChI is InChI=1S/C16H16FN3O3/c17-13-3-1-12(2-4-13)16(21)19-18-11-14-5-6-15(23-14)20-7-9-22-10-8-20/h1-6,11H,7-10H2,(H,19,21)/b18-11-. The molecule has 1 aliphatic rings. The highest BCUT2D eigenvalue weighted by atomic mass is 19.1. The van der Waals surface area contributed by atoms with Gasteiger partial charge in [0, 0.05) is 24.7 Å². The summed E-state index contributed by atoms with van der Waals surface area (Å²) in [5.41, 5.74) is 2.70. The van der Waals surface area contributed by atoms with Crippen molar-refractivity contribution >= 4 is 18.0 Å². The highest BCUT2D eigenvalue weighted by Gasteiger charge is 2.14. The Hall–Kier alpha value is -2.67. The zero-order valence-corrected chi connectivity index (χ0v) is 12.4. The van der Waals surface area contributed by atoms with Gasteiger partial charge in [0.05, 0.1) is 19.4 Å². The molecule has 7 heteroatoms. The third-order valence-corrected chi connectivity index (χ3v) is 3.40. The number of halogens is 1. The summed E-state index contributed by atoms with van der Waals surface area (Å²) < 4.78 is 23.7. The molecule has 0 unspecified atom stereocenters. The molecule has 23 heavy (non-hydrogen) atoms. The maximum Gasteiger partial charge on any atom is 0.271 e. The smallest absolute Gasteiger partial charge is 0.271 e. The predicted octanol–water partition coefficient (Wildman–Crippen LogP) is 2.02. The van der Waals surface area contributed by atoms with Crippen LogP contribution in [0, 0.1) is 5.82 Å². The third-order valence-electron chi connectivity index (χ3n) is 3.40. The third kappa shape index (κ3) is 3.95. The summed E-state index contributed by atoms with van der Waals surface area (Å²) in [6.07, 6.45) is 1.42. The van der Waals surface area contributed by atoms with Crippen LogP contribution in [0.4, 0.5) is 10.3 Å². The van der Waals surface area contributed by atoms with Gasteiger partial charge in [-0.05, 0) is 30.3 Å². The van der Waals surface area contributed by atoms with E-state index in [0.29, 0.717) is 24.5 Å². The molecule has 2 heterocycles. The Morgan fingerprint density at radius 3 is 2.65 bits per heavy atom. The van der Waals surface area contributed by atoms with Crippen molar-refractivity contribution in [2.45, 2.75) is 0 Å². The Kier molecular flexibility index (Phi) is 4.68. The maximum absolute atomic E-state index is 12.8. The lowest BCUT2D eigenvalue weighted by molar-refractivity contribution is 0.0955. The number of hydrogen-bond donors (Lipinski definition) is 1. The highest BCUT2D eigenvalue weighted by molar-refractivity contribution is 5.94. The number of morpholine rings is 1. The lowest BCUT2D eigenvalue weighted by Gasteiger charge is -2.26. The van der Waals surface area contributed by atoms with E-state index in [9.17, 15) is 9.18 Å². The maximum atomic E-state index is 12.8. The fraction of sp³-hybridized carbons (Fsp3) is 0.250. The summed E-state index contributed by atoms with van der Waals surface area (Å²) in [4.78, 5) is 13.9. The molecule has 1 aromatic heterocycles. The topological polar surface area (TPSA) is 67.1 Å². The molecule has 1 fully saturated rings. The van der Waals surface area contributed by atoms with Gasteiger partial charge < -0.3 is 14.1 Å². The Balaban J connectivity index is 1.56. The molecule has 0 radical (unpaired) electrons. The number of ether oxygens (including phenoxy) is 1. The van der Waals surface area contributed by atoms with E-state index in [1.54, 1.807) is 6.07 Å². The first-order chi connectivity index (χ1) is 11.2. The van der Waals surface area contributed by atoms with Crippen molar-refractivity contribution < 1.29 is 18.3 Å². The fourth-order valence-electron chi connectivity index (χ4n) is 2.19. The molecule has 120 valence electrons. The van der Waals surface area contributed by atoms with Crippen molar-refractivity contribution in [3.05, 3.63) is 53.5 Å². The van der Waals surface area contributed by atoms with Gasteiger partial charge in [0.2, 0.25) is 0 Å². The number of carbonyl (C=O) groups is 1. The zero-order chi connectivity index (χ0) is 16.1. The fourth-order valence-corrected chi connectivity index (χ4v) is 2.19. The van der Waals surface area contributed by atoms with Crippen LogP contribution in [0.15, 0.2) is 45.9 Å². The number of hydrazone groups is 1. The summed E-state index contributed by atoms with van der Waals surface area (Å²) in [6, 6.07) is 8.86. The van der Waals surface area contributed by atoms with E-state index in [1.165, 1.54) is 30.5 Å². The van der Waals surface area contributed by atoms with Crippen molar-refractivity contribution in [1.82, 2.24) is 5.43 Å². The second-order valence-electron chi connectivity index (χ2n) is 4.98. The van der Waals surface area contributed by atoms with Crippen molar-refractivity contribution in [1.29, 1.82) is 0 Å². The highest BCUT2D eigenvalue weighted by Crippen LogP contribution is 2.18. The molecular weight excluding hydrogens is 301 g/mol. The average Bonchev–Trinajstić information content (AvgIpc) is 3.05. The number of rotatable bonds is 4. The molecule has 1 aromatic carbocycles. The van der Waals surface area contributed by atoms with Gasteiger partial charge in [-0.2, -0.15) is 5.10 Å². The van der Waals surface area contributed by atoms with Gasteiger partial charge in [-0.1, -0.05) is 0 Å². The van der Waals surface area contributed by atoms with E-state index in [-0.39, 0.29) is 0 Å². The minimum absolute atomic E-state index is 0.331. The van der Waals surface area contributed by atoms with E-state index >= 15 is 0 Å². The van der Waals surface area contributed by atoms with Crippen LogP contribution in [-0.2, 0) is 4.74 Å².